The van der Waals surface area contributed by atoms with E-state index in [-0.39, 0.29) is 5.57 Å². The number of hydrogen-bond acceptors (Lipinski definition) is 3. The third-order valence-electron chi connectivity index (χ3n) is 1.87. The normalized spacial score (nSPS) is 9.50. The highest BCUT2D eigenvalue weighted by Crippen LogP contribution is 2.13. The number of carboxylic acid groups (broad SMARTS) is 1. The van der Waals surface area contributed by atoms with E-state index in [9.17, 15) is 9.90 Å². The summed E-state index contributed by atoms with van der Waals surface area (Å²) < 4.78 is 4.97. The van der Waals surface area contributed by atoms with Crippen LogP contribution in [0.15, 0.2) is 36.4 Å². The number of carboxylic acids is 1. The largest absolute Gasteiger partial charge is 0.545 e. The van der Waals surface area contributed by atoms with Crippen molar-refractivity contribution >= 4 is 5.97 Å². The molecule has 0 saturated carbocycles. The van der Waals surface area contributed by atoms with E-state index in [2.05, 4.69) is 6.58 Å². The smallest absolute Gasteiger partial charge is 0.118 e. The fourth-order valence-corrected chi connectivity index (χ4v) is 1.06. The highest BCUT2D eigenvalue weighted by atomic mass is 16.5. The van der Waals surface area contributed by atoms with Crippen molar-refractivity contribution in [2.75, 3.05) is 7.11 Å². The van der Waals surface area contributed by atoms with Gasteiger partial charge in [0.15, 0.2) is 0 Å². The fraction of sp³-hybridized carbons (Fsp3) is 0.182. The van der Waals surface area contributed by atoms with Crippen molar-refractivity contribution in [2.45, 2.75) is 6.42 Å². The van der Waals surface area contributed by atoms with Crippen molar-refractivity contribution in [3.63, 3.8) is 0 Å². The first-order valence-electron chi connectivity index (χ1n) is 4.15. The van der Waals surface area contributed by atoms with Crippen molar-refractivity contribution in [3.8, 4) is 5.75 Å². The molecule has 0 radical (unpaired) electrons. The second-order valence-corrected chi connectivity index (χ2v) is 2.92. The molecule has 1 aromatic carbocycles. The van der Waals surface area contributed by atoms with E-state index >= 15 is 0 Å². The molecule has 0 amide bonds. The van der Waals surface area contributed by atoms with Crippen LogP contribution in [0.3, 0.4) is 0 Å². The lowest BCUT2D eigenvalue weighted by Crippen LogP contribution is -2.24. The lowest BCUT2D eigenvalue weighted by Gasteiger charge is -2.06. The Morgan fingerprint density at radius 1 is 1.43 bits per heavy atom. The first-order chi connectivity index (χ1) is 6.63. The van der Waals surface area contributed by atoms with Gasteiger partial charge in [-0.05, 0) is 29.7 Å². The standard InChI is InChI=1S/C11H12O3/c1-8(11(12)13)7-9-3-5-10(14-2)6-4-9/h3-6H,1,7H2,2H3,(H,12,13)/p-1. The molecule has 0 heterocycles. The molecular weight excluding hydrogens is 180 g/mol. The van der Waals surface area contributed by atoms with E-state index in [1.807, 2.05) is 0 Å². The van der Waals surface area contributed by atoms with Gasteiger partial charge in [0, 0.05) is 0 Å². The van der Waals surface area contributed by atoms with Gasteiger partial charge in [-0.15, -0.1) is 0 Å². The molecule has 0 aliphatic heterocycles. The van der Waals surface area contributed by atoms with Crippen LogP contribution in [-0.4, -0.2) is 13.1 Å². The van der Waals surface area contributed by atoms with Crippen LogP contribution >= 0.6 is 0 Å². The first kappa shape index (κ1) is 10.3. The second-order valence-electron chi connectivity index (χ2n) is 2.92. The minimum Gasteiger partial charge on any atom is -0.545 e. The molecule has 0 aromatic heterocycles. The monoisotopic (exact) mass is 191 g/mol. The van der Waals surface area contributed by atoms with Crippen LogP contribution in [0, 0.1) is 0 Å². The van der Waals surface area contributed by atoms with Crippen LogP contribution in [0.4, 0.5) is 0 Å². The molecule has 0 aliphatic carbocycles. The Labute approximate surface area is 82.6 Å². The maximum atomic E-state index is 10.4. The zero-order valence-electron chi connectivity index (χ0n) is 7.95. The van der Waals surface area contributed by atoms with E-state index in [4.69, 9.17) is 4.74 Å². The molecule has 0 unspecified atom stereocenters. The number of methoxy groups -OCH3 is 1. The summed E-state index contributed by atoms with van der Waals surface area (Å²) in [6.45, 7) is 3.40. The molecule has 0 bridgehead atoms. The first-order valence-corrected chi connectivity index (χ1v) is 4.15. The number of aliphatic carboxylic acids is 1. The van der Waals surface area contributed by atoms with Crippen molar-refractivity contribution in [1.82, 2.24) is 0 Å². The number of benzene rings is 1. The van der Waals surface area contributed by atoms with Gasteiger partial charge in [0.1, 0.15) is 5.75 Å². The van der Waals surface area contributed by atoms with Gasteiger partial charge in [-0.1, -0.05) is 18.7 Å². The Morgan fingerprint density at radius 2 is 2.00 bits per heavy atom. The van der Waals surface area contributed by atoms with Crippen LogP contribution < -0.4 is 9.84 Å². The molecule has 0 atom stereocenters. The Kier molecular flexibility index (Phi) is 3.29. The maximum Gasteiger partial charge on any atom is 0.118 e. The van der Waals surface area contributed by atoms with Crippen molar-refractivity contribution in [1.29, 1.82) is 0 Å². The average molecular weight is 191 g/mol. The Morgan fingerprint density at radius 3 is 2.43 bits per heavy atom. The molecule has 1 aromatic rings. The van der Waals surface area contributed by atoms with Gasteiger partial charge in [-0.2, -0.15) is 0 Å². The van der Waals surface area contributed by atoms with E-state index in [0.717, 1.165) is 11.3 Å². The van der Waals surface area contributed by atoms with E-state index in [1.54, 1.807) is 31.4 Å². The van der Waals surface area contributed by atoms with Gasteiger partial charge in [0.05, 0.1) is 13.1 Å². The molecular formula is C11H11O3-. The lowest BCUT2D eigenvalue weighted by molar-refractivity contribution is -0.299. The summed E-state index contributed by atoms with van der Waals surface area (Å²) in [7, 11) is 1.58. The summed E-state index contributed by atoms with van der Waals surface area (Å²) in [5.41, 5.74) is 0.954. The Hall–Kier alpha value is -1.77. The number of ether oxygens (including phenoxy) is 1. The predicted octanol–water partition coefficient (Wildman–Crippen LogP) is 0.544. The number of hydrogen-bond donors (Lipinski definition) is 0. The van der Waals surface area contributed by atoms with Gasteiger partial charge < -0.3 is 14.6 Å². The van der Waals surface area contributed by atoms with Crippen LogP contribution in [0.1, 0.15) is 5.56 Å². The van der Waals surface area contributed by atoms with Crippen molar-refractivity contribution in [3.05, 3.63) is 42.0 Å². The molecule has 3 heteroatoms. The van der Waals surface area contributed by atoms with E-state index in [1.165, 1.54) is 0 Å². The molecule has 74 valence electrons. The van der Waals surface area contributed by atoms with Gasteiger partial charge in [-0.3, -0.25) is 0 Å². The number of rotatable bonds is 4. The van der Waals surface area contributed by atoms with Gasteiger partial charge in [-0.25, -0.2) is 0 Å². The third-order valence-corrected chi connectivity index (χ3v) is 1.87. The quantitative estimate of drug-likeness (QED) is 0.653. The molecule has 0 N–H and O–H groups in total. The molecule has 0 spiro atoms. The Bertz CT molecular complexity index is 338. The molecule has 0 aliphatic rings. The molecule has 0 fully saturated rings. The van der Waals surface area contributed by atoms with Crippen LogP contribution in [0.5, 0.6) is 5.75 Å². The van der Waals surface area contributed by atoms with Crippen molar-refractivity contribution in [2.24, 2.45) is 0 Å². The highest BCUT2D eigenvalue weighted by Gasteiger charge is 1.98. The van der Waals surface area contributed by atoms with Crippen LogP contribution in [0.2, 0.25) is 0 Å². The summed E-state index contributed by atoms with van der Waals surface area (Å²) in [6.07, 6.45) is 0.298. The fourth-order valence-electron chi connectivity index (χ4n) is 1.06. The van der Waals surface area contributed by atoms with Crippen LogP contribution in [0.25, 0.3) is 0 Å². The van der Waals surface area contributed by atoms with Crippen molar-refractivity contribution < 1.29 is 14.6 Å². The second kappa shape index (κ2) is 4.46. The zero-order valence-corrected chi connectivity index (χ0v) is 7.95. The van der Waals surface area contributed by atoms with Gasteiger partial charge in [0.2, 0.25) is 0 Å². The highest BCUT2D eigenvalue weighted by molar-refractivity contribution is 5.84. The minimum atomic E-state index is -1.21. The number of carbonyl (C=O) groups is 1. The maximum absolute atomic E-state index is 10.4. The zero-order chi connectivity index (χ0) is 10.6. The third kappa shape index (κ3) is 2.62. The predicted molar refractivity (Wildman–Crippen MR) is 50.8 cm³/mol. The van der Waals surface area contributed by atoms with E-state index in [0.29, 0.717) is 6.42 Å². The SMILES string of the molecule is C=C(Cc1ccc(OC)cc1)C(=O)[O-]. The lowest BCUT2D eigenvalue weighted by atomic mass is 10.1. The average Bonchev–Trinajstić information content (AvgIpc) is 2.19. The summed E-state index contributed by atoms with van der Waals surface area (Å²) in [5.74, 6) is -0.464. The molecule has 1 rings (SSSR count). The summed E-state index contributed by atoms with van der Waals surface area (Å²) in [5, 5.41) is 10.4. The summed E-state index contributed by atoms with van der Waals surface area (Å²) >= 11 is 0. The summed E-state index contributed by atoms with van der Waals surface area (Å²) in [4.78, 5) is 10.4. The Balaban J connectivity index is 2.69. The molecule has 0 saturated heterocycles. The van der Waals surface area contributed by atoms with Crippen LogP contribution in [-0.2, 0) is 11.2 Å². The summed E-state index contributed by atoms with van der Waals surface area (Å²) in [6, 6.07) is 7.15. The molecule has 3 nitrogen and oxygen atoms in total. The minimum absolute atomic E-state index is 0.0789. The van der Waals surface area contributed by atoms with E-state index < -0.39 is 5.97 Å². The van der Waals surface area contributed by atoms with Gasteiger partial charge >= 0.3 is 0 Å². The topological polar surface area (TPSA) is 49.4 Å². The molecule has 14 heavy (non-hydrogen) atoms. The number of carbonyl (C=O) groups excluding carboxylic acids is 1. The van der Waals surface area contributed by atoms with Gasteiger partial charge in [0.25, 0.3) is 0 Å².